The third-order valence-electron chi connectivity index (χ3n) is 2.86. The van der Waals surface area contributed by atoms with Crippen LogP contribution in [0.4, 0.5) is 15.9 Å². The van der Waals surface area contributed by atoms with Gasteiger partial charge in [-0.2, -0.15) is 0 Å². The molecule has 6 heteroatoms. The lowest BCUT2D eigenvalue weighted by Gasteiger charge is -2.10. The number of amides is 1. The number of rotatable bonds is 5. The molecule has 0 saturated carbocycles. The molecule has 5 nitrogen and oxygen atoms in total. The van der Waals surface area contributed by atoms with Crippen molar-refractivity contribution < 1.29 is 9.18 Å². The van der Waals surface area contributed by atoms with E-state index in [2.05, 4.69) is 34.4 Å². The van der Waals surface area contributed by atoms with E-state index < -0.39 is 0 Å². The number of nitrogens with one attached hydrogen (secondary N) is 2. The van der Waals surface area contributed by atoms with Crippen molar-refractivity contribution in [2.75, 3.05) is 17.2 Å². The Balaban J connectivity index is 2.13. The van der Waals surface area contributed by atoms with Gasteiger partial charge in [-0.15, -0.1) is 0 Å². The van der Waals surface area contributed by atoms with Gasteiger partial charge in [0.25, 0.3) is 5.91 Å². The van der Waals surface area contributed by atoms with E-state index in [9.17, 15) is 9.18 Å². The molecule has 2 rings (SSSR count). The van der Waals surface area contributed by atoms with Crippen LogP contribution < -0.4 is 10.6 Å². The minimum absolute atomic E-state index is 0.267. The number of aryl methyl sites for hydroxylation is 1. The molecule has 1 aromatic carbocycles. The second-order valence-corrected chi connectivity index (χ2v) is 5.42. The first kappa shape index (κ1) is 15.9. The average molecular weight is 302 g/mol. The van der Waals surface area contributed by atoms with Crippen LogP contribution in [0.25, 0.3) is 0 Å². The van der Waals surface area contributed by atoms with Crippen molar-refractivity contribution in [3.8, 4) is 0 Å². The Morgan fingerprint density at radius 2 is 1.91 bits per heavy atom. The third kappa shape index (κ3) is 4.51. The summed E-state index contributed by atoms with van der Waals surface area (Å²) in [5.41, 5.74) is 0.780. The molecule has 0 spiro atoms. The lowest BCUT2D eigenvalue weighted by molar-refractivity contribution is 0.102. The topological polar surface area (TPSA) is 66.9 Å². The smallest absolute Gasteiger partial charge is 0.274 e. The van der Waals surface area contributed by atoms with Crippen LogP contribution in [-0.4, -0.2) is 22.4 Å². The Morgan fingerprint density at radius 1 is 1.23 bits per heavy atom. The summed E-state index contributed by atoms with van der Waals surface area (Å²) in [7, 11) is 0. The molecule has 1 aromatic heterocycles. The quantitative estimate of drug-likeness (QED) is 0.889. The SMILES string of the molecule is Cc1nc(NCC(C)C)cc(C(=O)Nc2ccc(F)cc2)n1. The van der Waals surface area contributed by atoms with Gasteiger partial charge in [-0.3, -0.25) is 4.79 Å². The number of benzene rings is 1. The van der Waals surface area contributed by atoms with E-state index in [4.69, 9.17) is 0 Å². The molecule has 1 amide bonds. The fraction of sp³-hybridized carbons (Fsp3) is 0.312. The normalized spacial score (nSPS) is 10.6. The van der Waals surface area contributed by atoms with Crippen molar-refractivity contribution in [1.82, 2.24) is 9.97 Å². The van der Waals surface area contributed by atoms with Crippen LogP contribution in [-0.2, 0) is 0 Å². The van der Waals surface area contributed by atoms with Crippen molar-refractivity contribution in [3.05, 3.63) is 47.7 Å². The molecule has 0 radical (unpaired) electrons. The highest BCUT2D eigenvalue weighted by Crippen LogP contribution is 2.12. The van der Waals surface area contributed by atoms with E-state index in [1.165, 1.54) is 24.3 Å². The standard InChI is InChI=1S/C16H19FN4O/c1-10(2)9-18-15-8-14(19-11(3)20-15)16(22)21-13-6-4-12(17)5-7-13/h4-8,10H,9H2,1-3H3,(H,21,22)(H,18,19,20). The van der Waals surface area contributed by atoms with Crippen molar-refractivity contribution in [2.24, 2.45) is 5.92 Å². The van der Waals surface area contributed by atoms with E-state index in [-0.39, 0.29) is 17.4 Å². The van der Waals surface area contributed by atoms with Gasteiger partial charge in [0.1, 0.15) is 23.2 Å². The first-order chi connectivity index (χ1) is 10.4. The summed E-state index contributed by atoms with van der Waals surface area (Å²) in [6, 6.07) is 7.18. The van der Waals surface area contributed by atoms with Gasteiger partial charge in [0.15, 0.2) is 0 Å². The molecule has 0 aliphatic heterocycles. The zero-order valence-electron chi connectivity index (χ0n) is 12.9. The summed E-state index contributed by atoms with van der Waals surface area (Å²) in [5, 5.41) is 5.85. The second kappa shape index (κ2) is 6.98. The first-order valence-corrected chi connectivity index (χ1v) is 7.10. The van der Waals surface area contributed by atoms with Gasteiger partial charge in [0, 0.05) is 18.3 Å². The molecule has 22 heavy (non-hydrogen) atoms. The molecular weight excluding hydrogens is 283 g/mol. The number of nitrogens with zero attached hydrogens (tertiary/aromatic N) is 2. The summed E-state index contributed by atoms with van der Waals surface area (Å²) in [4.78, 5) is 20.6. The highest BCUT2D eigenvalue weighted by molar-refractivity contribution is 6.03. The van der Waals surface area contributed by atoms with E-state index in [0.717, 1.165) is 6.54 Å². The largest absolute Gasteiger partial charge is 0.370 e. The molecule has 0 aliphatic rings. The van der Waals surface area contributed by atoms with E-state index in [1.807, 2.05) is 0 Å². The van der Waals surface area contributed by atoms with Crippen LogP contribution in [0.15, 0.2) is 30.3 Å². The number of aromatic nitrogens is 2. The van der Waals surface area contributed by atoms with E-state index in [1.54, 1.807) is 13.0 Å². The molecule has 0 unspecified atom stereocenters. The summed E-state index contributed by atoms with van der Waals surface area (Å²) in [6.07, 6.45) is 0. The Morgan fingerprint density at radius 3 is 2.55 bits per heavy atom. The van der Waals surface area contributed by atoms with Crippen LogP contribution >= 0.6 is 0 Å². The monoisotopic (exact) mass is 302 g/mol. The van der Waals surface area contributed by atoms with Crippen molar-refractivity contribution >= 4 is 17.4 Å². The molecule has 2 aromatic rings. The van der Waals surface area contributed by atoms with Crippen LogP contribution in [0.2, 0.25) is 0 Å². The van der Waals surface area contributed by atoms with Crippen LogP contribution in [0.3, 0.4) is 0 Å². The summed E-state index contributed by atoms with van der Waals surface area (Å²) in [6.45, 7) is 6.66. The molecule has 2 N–H and O–H groups in total. The van der Waals surface area contributed by atoms with Crippen molar-refractivity contribution in [3.63, 3.8) is 0 Å². The van der Waals surface area contributed by atoms with Crippen LogP contribution in [0, 0.1) is 18.7 Å². The lowest BCUT2D eigenvalue weighted by Crippen LogP contribution is -2.16. The molecule has 0 bridgehead atoms. The Kier molecular flexibility index (Phi) is 5.04. The zero-order valence-corrected chi connectivity index (χ0v) is 12.9. The Hall–Kier alpha value is -2.50. The van der Waals surface area contributed by atoms with Gasteiger partial charge in [0.05, 0.1) is 0 Å². The number of carbonyl (C=O) groups excluding carboxylic acids is 1. The average Bonchev–Trinajstić information content (AvgIpc) is 2.47. The maximum absolute atomic E-state index is 12.9. The predicted octanol–water partition coefficient (Wildman–Crippen LogP) is 3.24. The Bertz CT molecular complexity index is 656. The van der Waals surface area contributed by atoms with Crippen LogP contribution in [0.1, 0.15) is 30.2 Å². The van der Waals surface area contributed by atoms with Gasteiger partial charge in [0.2, 0.25) is 0 Å². The summed E-state index contributed by atoms with van der Waals surface area (Å²) < 4.78 is 12.9. The lowest BCUT2D eigenvalue weighted by atomic mass is 10.2. The highest BCUT2D eigenvalue weighted by Gasteiger charge is 2.11. The van der Waals surface area contributed by atoms with Gasteiger partial charge in [-0.1, -0.05) is 13.8 Å². The molecule has 0 saturated heterocycles. The molecule has 0 aliphatic carbocycles. The number of carbonyl (C=O) groups is 1. The highest BCUT2D eigenvalue weighted by atomic mass is 19.1. The molecule has 1 heterocycles. The van der Waals surface area contributed by atoms with Gasteiger partial charge in [-0.05, 0) is 37.1 Å². The van der Waals surface area contributed by atoms with Crippen molar-refractivity contribution in [1.29, 1.82) is 0 Å². The molecular formula is C16H19FN4O. The van der Waals surface area contributed by atoms with Gasteiger partial charge >= 0.3 is 0 Å². The fourth-order valence-corrected chi connectivity index (χ4v) is 1.81. The molecule has 116 valence electrons. The summed E-state index contributed by atoms with van der Waals surface area (Å²) >= 11 is 0. The number of hydrogen-bond donors (Lipinski definition) is 2. The maximum atomic E-state index is 12.9. The van der Waals surface area contributed by atoms with Gasteiger partial charge < -0.3 is 10.6 Å². The Labute approximate surface area is 129 Å². The maximum Gasteiger partial charge on any atom is 0.274 e. The minimum atomic E-state index is -0.357. The van der Waals surface area contributed by atoms with E-state index >= 15 is 0 Å². The van der Waals surface area contributed by atoms with Crippen molar-refractivity contribution in [2.45, 2.75) is 20.8 Å². The zero-order chi connectivity index (χ0) is 16.1. The van der Waals surface area contributed by atoms with Crippen LogP contribution in [0.5, 0.6) is 0 Å². The van der Waals surface area contributed by atoms with Gasteiger partial charge in [-0.25, -0.2) is 14.4 Å². The summed E-state index contributed by atoms with van der Waals surface area (Å²) in [5.74, 6) is 0.885. The fourth-order valence-electron chi connectivity index (χ4n) is 1.81. The van der Waals surface area contributed by atoms with E-state index in [0.29, 0.717) is 23.2 Å². The molecule has 0 atom stereocenters. The minimum Gasteiger partial charge on any atom is -0.370 e. The first-order valence-electron chi connectivity index (χ1n) is 7.10. The second-order valence-electron chi connectivity index (χ2n) is 5.42. The number of hydrogen-bond acceptors (Lipinski definition) is 4. The number of anilines is 2. The number of halogens is 1. The predicted molar refractivity (Wildman–Crippen MR) is 84.4 cm³/mol. The third-order valence-corrected chi connectivity index (χ3v) is 2.86. The molecule has 0 fully saturated rings.